The van der Waals surface area contributed by atoms with Gasteiger partial charge in [0.2, 0.25) is 0 Å². The minimum atomic E-state index is 0.0636. The van der Waals surface area contributed by atoms with Gasteiger partial charge in [0.1, 0.15) is 0 Å². The van der Waals surface area contributed by atoms with Crippen LogP contribution in [-0.4, -0.2) is 24.4 Å². The zero-order valence-corrected chi connectivity index (χ0v) is 7.34. The lowest BCUT2D eigenvalue weighted by atomic mass is 10.2. The average Bonchev–Trinajstić information content (AvgIpc) is 2.01. The van der Waals surface area contributed by atoms with Gasteiger partial charge in [-0.2, -0.15) is 0 Å². The molecule has 0 rings (SSSR count). The summed E-state index contributed by atoms with van der Waals surface area (Å²) in [6.07, 6.45) is 4.72. The van der Waals surface area contributed by atoms with Crippen molar-refractivity contribution < 1.29 is 5.11 Å². The van der Waals surface area contributed by atoms with E-state index >= 15 is 0 Å². The van der Waals surface area contributed by atoms with Gasteiger partial charge in [-0.05, 0) is 6.42 Å². The smallest absolute Gasteiger partial charge is 0.0556 e. The van der Waals surface area contributed by atoms with Crippen LogP contribution in [0.1, 0.15) is 32.6 Å². The van der Waals surface area contributed by atoms with Gasteiger partial charge in [0.15, 0.2) is 0 Å². The summed E-state index contributed by atoms with van der Waals surface area (Å²) in [6.45, 7) is 2.95. The first-order valence-corrected chi connectivity index (χ1v) is 4.41. The van der Waals surface area contributed by atoms with Crippen LogP contribution in [0.25, 0.3) is 0 Å². The van der Waals surface area contributed by atoms with Crippen molar-refractivity contribution in [1.82, 2.24) is 5.32 Å². The molecule has 3 nitrogen and oxygen atoms in total. The van der Waals surface area contributed by atoms with Crippen molar-refractivity contribution in [3.8, 4) is 0 Å². The van der Waals surface area contributed by atoms with Gasteiger partial charge in [0.25, 0.3) is 0 Å². The fraction of sp³-hybridized carbons (Fsp3) is 1.00. The van der Waals surface area contributed by atoms with E-state index in [1.807, 2.05) is 0 Å². The highest BCUT2D eigenvalue weighted by atomic mass is 16.3. The molecule has 11 heavy (non-hydrogen) atoms. The second-order valence-electron chi connectivity index (χ2n) is 2.78. The Morgan fingerprint density at radius 2 is 2.18 bits per heavy atom. The first-order chi connectivity index (χ1) is 5.31. The maximum absolute atomic E-state index is 8.47. The number of aliphatic hydroxyl groups excluding tert-OH is 1. The van der Waals surface area contributed by atoms with E-state index in [-0.39, 0.29) is 12.8 Å². The molecule has 1 unspecified atom stereocenters. The Labute approximate surface area is 69.0 Å². The van der Waals surface area contributed by atoms with Gasteiger partial charge in [-0.3, -0.25) is 5.32 Å². The van der Waals surface area contributed by atoms with E-state index in [4.69, 9.17) is 10.8 Å². The summed E-state index contributed by atoms with van der Waals surface area (Å²) in [5.41, 5.74) is 5.68. The zero-order chi connectivity index (χ0) is 8.53. The van der Waals surface area contributed by atoms with Crippen molar-refractivity contribution in [3.63, 3.8) is 0 Å². The molecular weight excluding hydrogens is 140 g/mol. The molecule has 0 aromatic rings. The van der Waals surface area contributed by atoms with Crippen molar-refractivity contribution in [3.05, 3.63) is 0 Å². The molecule has 0 saturated heterocycles. The standard InChI is InChI=1S/C8H20N2O/c1-2-3-4-5-8(9)10-6-7-11/h8,10-11H,2-7,9H2,1H3. The molecular formula is C8H20N2O. The summed E-state index contributed by atoms with van der Waals surface area (Å²) in [5, 5.41) is 11.5. The van der Waals surface area contributed by atoms with Crippen LogP contribution in [-0.2, 0) is 0 Å². The largest absolute Gasteiger partial charge is 0.395 e. The Balaban J connectivity index is 3.02. The first kappa shape index (κ1) is 10.9. The van der Waals surface area contributed by atoms with Crippen molar-refractivity contribution in [2.24, 2.45) is 5.73 Å². The molecule has 4 N–H and O–H groups in total. The summed E-state index contributed by atoms with van der Waals surface area (Å²) in [4.78, 5) is 0. The number of nitrogens with one attached hydrogen (secondary N) is 1. The highest BCUT2D eigenvalue weighted by molar-refractivity contribution is 4.57. The Kier molecular flexibility index (Phi) is 7.89. The van der Waals surface area contributed by atoms with Crippen molar-refractivity contribution in [2.75, 3.05) is 13.2 Å². The number of hydrogen-bond acceptors (Lipinski definition) is 3. The lowest BCUT2D eigenvalue weighted by Gasteiger charge is -2.11. The molecule has 0 fully saturated rings. The van der Waals surface area contributed by atoms with Gasteiger partial charge < -0.3 is 10.8 Å². The molecule has 0 heterocycles. The molecule has 0 saturated carbocycles. The third-order valence-corrected chi connectivity index (χ3v) is 1.64. The predicted octanol–water partition coefficient (Wildman–Crippen LogP) is 0.433. The van der Waals surface area contributed by atoms with E-state index in [1.165, 1.54) is 19.3 Å². The fourth-order valence-corrected chi connectivity index (χ4v) is 0.966. The van der Waals surface area contributed by atoms with Gasteiger partial charge in [0, 0.05) is 6.54 Å². The van der Waals surface area contributed by atoms with Gasteiger partial charge in [-0.1, -0.05) is 26.2 Å². The maximum atomic E-state index is 8.47. The molecule has 0 bridgehead atoms. The summed E-state index contributed by atoms with van der Waals surface area (Å²) in [6, 6.07) is 0. The average molecular weight is 160 g/mol. The molecule has 3 heteroatoms. The Bertz CT molecular complexity index is 78.5. The van der Waals surface area contributed by atoms with Gasteiger partial charge in [-0.25, -0.2) is 0 Å². The zero-order valence-electron chi connectivity index (χ0n) is 7.34. The number of unbranched alkanes of at least 4 members (excludes halogenated alkanes) is 2. The van der Waals surface area contributed by atoms with Gasteiger partial charge in [0.05, 0.1) is 12.8 Å². The molecule has 0 aliphatic rings. The predicted molar refractivity (Wildman–Crippen MR) is 47.2 cm³/mol. The van der Waals surface area contributed by atoms with Crippen molar-refractivity contribution in [1.29, 1.82) is 0 Å². The minimum absolute atomic E-state index is 0.0636. The van der Waals surface area contributed by atoms with Crippen LogP contribution in [0.15, 0.2) is 0 Å². The Hall–Kier alpha value is -0.120. The lowest BCUT2D eigenvalue weighted by molar-refractivity contribution is 0.282. The molecule has 0 radical (unpaired) electrons. The molecule has 68 valence electrons. The molecule has 0 amide bonds. The fourth-order valence-electron chi connectivity index (χ4n) is 0.966. The lowest BCUT2D eigenvalue weighted by Crippen LogP contribution is -2.38. The third-order valence-electron chi connectivity index (χ3n) is 1.64. The van der Waals surface area contributed by atoms with Crippen LogP contribution >= 0.6 is 0 Å². The minimum Gasteiger partial charge on any atom is -0.395 e. The number of rotatable bonds is 7. The SMILES string of the molecule is CCCCCC(N)NCCO. The first-order valence-electron chi connectivity index (χ1n) is 4.41. The van der Waals surface area contributed by atoms with E-state index in [1.54, 1.807) is 0 Å². The molecule has 0 spiro atoms. The Morgan fingerprint density at radius 1 is 1.45 bits per heavy atom. The van der Waals surface area contributed by atoms with E-state index in [0.29, 0.717) is 6.54 Å². The third kappa shape index (κ3) is 7.78. The van der Waals surface area contributed by atoms with Crippen LogP contribution < -0.4 is 11.1 Å². The second-order valence-corrected chi connectivity index (χ2v) is 2.78. The van der Waals surface area contributed by atoms with Crippen molar-refractivity contribution in [2.45, 2.75) is 38.8 Å². The summed E-state index contributed by atoms with van der Waals surface area (Å²) >= 11 is 0. The van der Waals surface area contributed by atoms with E-state index < -0.39 is 0 Å². The molecule has 0 aromatic carbocycles. The van der Waals surface area contributed by atoms with Gasteiger partial charge >= 0.3 is 0 Å². The Morgan fingerprint density at radius 3 is 2.73 bits per heavy atom. The summed E-state index contributed by atoms with van der Waals surface area (Å²) < 4.78 is 0. The van der Waals surface area contributed by atoms with Gasteiger partial charge in [-0.15, -0.1) is 0 Å². The summed E-state index contributed by atoms with van der Waals surface area (Å²) in [5.74, 6) is 0. The quantitative estimate of drug-likeness (QED) is 0.374. The molecule has 0 aliphatic heterocycles. The second kappa shape index (κ2) is 7.98. The summed E-state index contributed by atoms with van der Waals surface area (Å²) in [7, 11) is 0. The van der Waals surface area contributed by atoms with Crippen LogP contribution in [0.5, 0.6) is 0 Å². The maximum Gasteiger partial charge on any atom is 0.0556 e. The van der Waals surface area contributed by atoms with Crippen LogP contribution in [0, 0.1) is 0 Å². The topological polar surface area (TPSA) is 58.3 Å². The van der Waals surface area contributed by atoms with Crippen LogP contribution in [0.4, 0.5) is 0 Å². The highest BCUT2D eigenvalue weighted by Gasteiger charge is 1.98. The monoisotopic (exact) mass is 160 g/mol. The van der Waals surface area contributed by atoms with Crippen LogP contribution in [0.3, 0.4) is 0 Å². The number of aliphatic hydroxyl groups is 1. The number of nitrogens with two attached hydrogens (primary N) is 1. The van der Waals surface area contributed by atoms with Crippen molar-refractivity contribution >= 4 is 0 Å². The van der Waals surface area contributed by atoms with E-state index in [2.05, 4.69) is 12.2 Å². The number of hydrogen-bond donors (Lipinski definition) is 3. The molecule has 1 atom stereocenters. The van der Waals surface area contributed by atoms with E-state index in [9.17, 15) is 0 Å². The van der Waals surface area contributed by atoms with E-state index in [0.717, 1.165) is 6.42 Å². The van der Waals surface area contributed by atoms with Crippen LogP contribution in [0.2, 0.25) is 0 Å². The molecule has 0 aliphatic carbocycles. The molecule has 0 aromatic heterocycles. The normalized spacial score (nSPS) is 13.4. The highest BCUT2D eigenvalue weighted by Crippen LogP contribution is 1.99.